The van der Waals surface area contributed by atoms with Crippen LogP contribution in [0.3, 0.4) is 0 Å². The molecule has 0 saturated carbocycles. The first kappa shape index (κ1) is 17.1. The maximum absolute atomic E-state index is 11.9. The number of nitrogens with one attached hydrogen (secondary N) is 1. The van der Waals surface area contributed by atoms with Crippen LogP contribution in [0.2, 0.25) is 0 Å². The Labute approximate surface area is 143 Å². The summed E-state index contributed by atoms with van der Waals surface area (Å²) in [6.45, 7) is 3.55. The minimum absolute atomic E-state index is 0.158. The third-order valence-electron chi connectivity index (χ3n) is 3.23. The number of ether oxygens (including phenoxy) is 1. The molecule has 1 aromatic carbocycles. The van der Waals surface area contributed by atoms with E-state index in [2.05, 4.69) is 26.2 Å². The first-order chi connectivity index (χ1) is 11.0. The summed E-state index contributed by atoms with van der Waals surface area (Å²) in [5, 5.41) is 2.79. The molecule has 0 aliphatic carbocycles. The van der Waals surface area contributed by atoms with E-state index in [-0.39, 0.29) is 18.6 Å². The van der Waals surface area contributed by atoms with E-state index in [1.807, 2.05) is 38.1 Å². The van der Waals surface area contributed by atoms with Gasteiger partial charge in [-0.2, -0.15) is 0 Å². The summed E-state index contributed by atoms with van der Waals surface area (Å²) < 4.78 is 5.66. The van der Waals surface area contributed by atoms with E-state index in [9.17, 15) is 9.59 Å². The lowest BCUT2D eigenvalue weighted by Gasteiger charge is -2.14. The lowest BCUT2D eigenvalue weighted by molar-refractivity contribution is -0.124. The van der Waals surface area contributed by atoms with E-state index in [1.54, 1.807) is 12.3 Å². The van der Waals surface area contributed by atoms with Gasteiger partial charge in [-0.15, -0.1) is 0 Å². The highest BCUT2D eigenvalue weighted by atomic mass is 79.9. The summed E-state index contributed by atoms with van der Waals surface area (Å²) in [5.41, 5.74) is 2.44. The summed E-state index contributed by atoms with van der Waals surface area (Å²) >= 11 is 3.22. The normalized spacial score (nSPS) is 11.6. The number of carbonyl (C=O) groups is 2. The van der Waals surface area contributed by atoms with Gasteiger partial charge in [-0.3, -0.25) is 9.78 Å². The number of hydrogen-bond donors (Lipinski definition) is 1. The maximum atomic E-state index is 11.9. The summed E-state index contributed by atoms with van der Waals surface area (Å²) in [6, 6.07) is 9.31. The number of nitrogens with zero attached hydrogens (tertiary/aromatic N) is 1. The fourth-order valence-corrected chi connectivity index (χ4v) is 2.32. The Morgan fingerprint density at radius 2 is 1.96 bits per heavy atom. The molecule has 0 aliphatic heterocycles. The van der Waals surface area contributed by atoms with Crippen LogP contribution in [0.1, 0.15) is 34.5 Å². The van der Waals surface area contributed by atoms with Crippen LogP contribution in [-0.4, -0.2) is 23.5 Å². The molecule has 0 bridgehead atoms. The van der Waals surface area contributed by atoms with Gasteiger partial charge in [-0.25, -0.2) is 4.79 Å². The molecule has 1 aromatic heterocycles. The first-order valence-corrected chi connectivity index (χ1v) is 7.88. The fourth-order valence-electron chi connectivity index (χ4n) is 1.96. The molecule has 1 N–H and O–H groups in total. The Morgan fingerprint density at radius 1 is 1.26 bits per heavy atom. The number of pyridine rings is 1. The molecule has 1 amide bonds. The van der Waals surface area contributed by atoms with Crippen LogP contribution < -0.4 is 5.32 Å². The monoisotopic (exact) mass is 376 g/mol. The van der Waals surface area contributed by atoms with Gasteiger partial charge in [-0.1, -0.05) is 29.8 Å². The number of aromatic nitrogens is 1. The van der Waals surface area contributed by atoms with Crippen molar-refractivity contribution in [3.8, 4) is 0 Å². The Bertz CT molecular complexity index is 701. The second kappa shape index (κ2) is 7.87. The van der Waals surface area contributed by atoms with Crippen molar-refractivity contribution >= 4 is 27.8 Å². The Balaban J connectivity index is 1.85. The molecule has 0 unspecified atom stereocenters. The number of rotatable bonds is 5. The van der Waals surface area contributed by atoms with Crippen LogP contribution in [0, 0.1) is 6.92 Å². The van der Waals surface area contributed by atoms with Crippen LogP contribution in [0.25, 0.3) is 0 Å². The van der Waals surface area contributed by atoms with E-state index in [0.29, 0.717) is 10.0 Å². The Kier molecular flexibility index (Phi) is 5.87. The largest absolute Gasteiger partial charge is 0.452 e. The van der Waals surface area contributed by atoms with Gasteiger partial charge in [-0.05, 0) is 41.4 Å². The molecule has 0 spiro atoms. The topological polar surface area (TPSA) is 68.3 Å². The van der Waals surface area contributed by atoms with Crippen molar-refractivity contribution in [2.75, 3.05) is 6.61 Å². The zero-order valence-electron chi connectivity index (χ0n) is 12.9. The average molecular weight is 377 g/mol. The van der Waals surface area contributed by atoms with Gasteiger partial charge in [0.05, 0.1) is 11.6 Å². The van der Waals surface area contributed by atoms with E-state index < -0.39 is 5.97 Å². The zero-order valence-corrected chi connectivity index (χ0v) is 14.5. The van der Waals surface area contributed by atoms with E-state index in [1.165, 1.54) is 6.20 Å². The van der Waals surface area contributed by atoms with Crippen molar-refractivity contribution in [1.82, 2.24) is 10.3 Å². The molecular formula is C17H17BrN2O3. The molecule has 2 rings (SSSR count). The van der Waals surface area contributed by atoms with Crippen LogP contribution in [0.4, 0.5) is 0 Å². The minimum Gasteiger partial charge on any atom is -0.452 e. The molecular weight excluding hydrogens is 360 g/mol. The summed E-state index contributed by atoms with van der Waals surface area (Å²) in [4.78, 5) is 27.6. The molecule has 0 fully saturated rings. The molecule has 120 valence electrons. The maximum Gasteiger partial charge on any atom is 0.340 e. The lowest BCUT2D eigenvalue weighted by Crippen LogP contribution is -2.31. The first-order valence-electron chi connectivity index (χ1n) is 7.09. The van der Waals surface area contributed by atoms with Crippen LogP contribution in [0.5, 0.6) is 0 Å². The number of aryl methyl sites for hydroxylation is 1. The molecule has 0 saturated heterocycles. The van der Waals surface area contributed by atoms with Gasteiger partial charge in [0.1, 0.15) is 0 Å². The van der Waals surface area contributed by atoms with Crippen LogP contribution >= 0.6 is 15.9 Å². The van der Waals surface area contributed by atoms with Crippen molar-refractivity contribution in [3.63, 3.8) is 0 Å². The van der Waals surface area contributed by atoms with Gasteiger partial charge >= 0.3 is 5.97 Å². The number of amides is 1. The van der Waals surface area contributed by atoms with Gasteiger partial charge in [0.25, 0.3) is 5.91 Å². The second-order valence-electron chi connectivity index (χ2n) is 5.17. The molecule has 23 heavy (non-hydrogen) atoms. The molecule has 5 nitrogen and oxygen atoms in total. The number of halogens is 1. The summed E-state index contributed by atoms with van der Waals surface area (Å²) in [7, 11) is 0. The molecule has 2 aromatic rings. The number of hydrogen-bond acceptors (Lipinski definition) is 4. The summed E-state index contributed by atoms with van der Waals surface area (Å²) in [5.74, 6) is -0.939. The van der Waals surface area contributed by atoms with Crippen LogP contribution in [0.15, 0.2) is 47.2 Å². The highest BCUT2D eigenvalue weighted by Crippen LogP contribution is 2.13. The third-order valence-corrected chi connectivity index (χ3v) is 3.66. The molecule has 1 atom stereocenters. The SMILES string of the molecule is Cc1ccc([C@H](C)NC(=O)COC(=O)c2cncc(Br)c2)cc1. The van der Waals surface area contributed by atoms with Crippen molar-refractivity contribution in [2.45, 2.75) is 19.9 Å². The number of esters is 1. The molecule has 1 heterocycles. The third kappa shape index (κ3) is 5.17. The van der Waals surface area contributed by atoms with Crippen molar-refractivity contribution < 1.29 is 14.3 Å². The summed E-state index contributed by atoms with van der Waals surface area (Å²) in [6.07, 6.45) is 2.95. The highest BCUT2D eigenvalue weighted by Gasteiger charge is 2.13. The van der Waals surface area contributed by atoms with Gasteiger partial charge in [0.15, 0.2) is 6.61 Å². The van der Waals surface area contributed by atoms with Crippen molar-refractivity contribution in [2.24, 2.45) is 0 Å². The van der Waals surface area contributed by atoms with E-state index in [4.69, 9.17) is 4.74 Å². The number of carbonyl (C=O) groups excluding carboxylic acids is 2. The van der Waals surface area contributed by atoms with E-state index in [0.717, 1.165) is 11.1 Å². The number of benzene rings is 1. The highest BCUT2D eigenvalue weighted by molar-refractivity contribution is 9.10. The fraction of sp³-hybridized carbons (Fsp3) is 0.235. The Hall–Kier alpha value is -2.21. The second-order valence-corrected chi connectivity index (χ2v) is 6.08. The van der Waals surface area contributed by atoms with Crippen molar-refractivity contribution in [1.29, 1.82) is 0 Å². The lowest BCUT2D eigenvalue weighted by atomic mass is 10.1. The standard InChI is InChI=1S/C17H17BrN2O3/c1-11-3-5-13(6-4-11)12(2)20-16(21)10-23-17(22)14-7-15(18)9-19-8-14/h3-9,12H,10H2,1-2H3,(H,20,21)/t12-/m0/s1. The quantitative estimate of drug-likeness (QED) is 0.813. The minimum atomic E-state index is -0.586. The predicted molar refractivity (Wildman–Crippen MR) is 90.0 cm³/mol. The van der Waals surface area contributed by atoms with Crippen LogP contribution in [-0.2, 0) is 9.53 Å². The van der Waals surface area contributed by atoms with Gasteiger partial charge in [0.2, 0.25) is 0 Å². The Morgan fingerprint density at radius 3 is 2.61 bits per heavy atom. The average Bonchev–Trinajstić information content (AvgIpc) is 2.53. The predicted octanol–water partition coefficient (Wildman–Crippen LogP) is 3.19. The smallest absolute Gasteiger partial charge is 0.340 e. The van der Waals surface area contributed by atoms with E-state index >= 15 is 0 Å². The van der Waals surface area contributed by atoms with Crippen molar-refractivity contribution in [3.05, 3.63) is 63.9 Å². The molecule has 0 radical (unpaired) electrons. The molecule has 0 aliphatic rings. The molecule has 6 heteroatoms. The van der Waals surface area contributed by atoms with Gasteiger partial charge in [0, 0.05) is 16.9 Å². The zero-order chi connectivity index (χ0) is 16.8. The van der Waals surface area contributed by atoms with Gasteiger partial charge < -0.3 is 10.1 Å².